The largest absolute Gasteiger partial charge is 0.462 e. The minimum Gasteiger partial charge on any atom is -0.462 e. The van der Waals surface area contributed by atoms with E-state index in [-0.39, 0.29) is 25.2 Å². The lowest BCUT2D eigenvalue weighted by atomic mass is 10.0. The molecule has 0 fully saturated rings. The highest BCUT2D eigenvalue weighted by Crippen LogP contribution is 2.16. The number of hydrogen-bond acceptors (Lipinski definition) is 5. The van der Waals surface area contributed by atoms with Crippen LogP contribution in [0.2, 0.25) is 0 Å². The van der Waals surface area contributed by atoms with Crippen LogP contribution >= 0.6 is 0 Å². The van der Waals surface area contributed by atoms with E-state index in [0.29, 0.717) is 19.4 Å². The zero-order chi connectivity index (χ0) is 46.3. The third kappa shape index (κ3) is 52.2. The fourth-order valence-electron chi connectivity index (χ4n) is 7.91. The van der Waals surface area contributed by atoms with Gasteiger partial charge in [0.15, 0.2) is 6.10 Å². The summed E-state index contributed by atoms with van der Waals surface area (Å²) in [6.07, 6.45) is 69.5. The Balaban J connectivity index is 4.28. The normalized spacial score (nSPS) is 12.6. The quantitative estimate of drug-likeness (QED) is 0.0346. The Morgan fingerprint density at radius 1 is 0.359 bits per heavy atom. The van der Waals surface area contributed by atoms with Gasteiger partial charge in [-0.15, -0.1) is 0 Å². The fraction of sp³-hybridized carbons (Fsp3) is 0.797. The monoisotopic (exact) mass is 895 g/mol. The van der Waals surface area contributed by atoms with Crippen LogP contribution in [0.3, 0.4) is 0 Å². The van der Waals surface area contributed by atoms with Gasteiger partial charge in [-0.3, -0.25) is 9.59 Å². The smallest absolute Gasteiger partial charge is 0.306 e. The van der Waals surface area contributed by atoms with Crippen LogP contribution in [0.5, 0.6) is 0 Å². The summed E-state index contributed by atoms with van der Waals surface area (Å²) in [6.45, 7) is 7.70. The molecule has 1 unspecified atom stereocenters. The first-order valence-corrected chi connectivity index (χ1v) is 27.8. The Labute approximate surface area is 398 Å². The number of rotatable bonds is 51. The first-order valence-electron chi connectivity index (χ1n) is 27.8. The molecule has 0 radical (unpaired) electrons. The number of carbonyl (C=O) groups excluding carboxylic acids is 2. The standard InChI is InChI=1S/C59H106O5/c1-4-7-10-13-16-19-22-25-28-29-30-33-36-39-42-45-48-51-54-62-55-57(64-59(61)53-50-47-44-41-38-35-32-27-24-21-18-15-12-9-6-3)56-63-58(60)52-49-46-43-40-37-34-31-26-23-20-17-14-11-8-5-2/h8,11,16-17,19-20,25-26,28,31,57H,4-7,9-10,12-15,18,21-24,27,29-30,32-56H2,1-3H3/b11-8-,19-16-,20-17-,28-25-,31-26-. The molecule has 5 nitrogen and oxygen atoms in total. The molecule has 0 spiro atoms. The van der Waals surface area contributed by atoms with Crippen molar-refractivity contribution in [2.45, 2.75) is 284 Å². The summed E-state index contributed by atoms with van der Waals surface area (Å²) in [5, 5.41) is 0. The van der Waals surface area contributed by atoms with Crippen LogP contribution < -0.4 is 0 Å². The lowest BCUT2D eigenvalue weighted by molar-refractivity contribution is -0.163. The molecule has 0 aromatic rings. The highest BCUT2D eigenvalue weighted by molar-refractivity contribution is 5.70. The van der Waals surface area contributed by atoms with Crippen LogP contribution in [0.1, 0.15) is 278 Å². The third-order valence-corrected chi connectivity index (χ3v) is 12.0. The molecule has 0 aliphatic rings. The Morgan fingerprint density at radius 3 is 1.16 bits per heavy atom. The van der Waals surface area contributed by atoms with Gasteiger partial charge >= 0.3 is 11.9 Å². The molecule has 0 saturated carbocycles. The van der Waals surface area contributed by atoms with Gasteiger partial charge in [0.25, 0.3) is 0 Å². The summed E-state index contributed by atoms with van der Waals surface area (Å²) in [5.41, 5.74) is 0. The molecular formula is C59H106O5. The molecule has 372 valence electrons. The van der Waals surface area contributed by atoms with Crippen LogP contribution in [-0.2, 0) is 23.8 Å². The van der Waals surface area contributed by atoms with Crippen LogP contribution in [-0.4, -0.2) is 37.9 Å². The fourth-order valence-corrected chi connectivity index (χ4v) is 7.91. The molecule has 0 rings (SSSR count). The first-order chi connectivity index (χ1) is 31.6. The number of unbranched alkanes of at least 4 members (excludes halogenated alkanes) is 30. The van der Waals surface area contributed by atoms with E-state index in [4.69, 9.17) is 14.2 Å². The summed E-state index contributed by atoms with van der Waals surface area (Å²) in [6, 6.07) is 0. The summed E-state index contributed by atoms with van der Waals surface area (Å²) in [4.78, 5) is 25.5. The Kier molecular flexibility index (Phi) is 52.9. The van der Waals surface area contributed by atoms with Crippen molar-refractivity contribution in [1.82, 2.24) is 0 Å². The molecule has 0 bridgehead atoms. The van der Waals surface area contributed by atoms with Crippen molar-refractivity contribution < 1.29 is 23.8 Å². The maximum absolute atomic E-state index is 12.8. The van der Waals surface area contributed by atoms with Gasteiger partial charge in [0.05, 0.1) is 6.61 Å². The third-order valence-electron chi connectivity index (χ3n) is 12.0. The predicted molar refractivity (Wildman–Crippen MR) is 279 cm³/mol. The van der Waals surface area contributed by atoms with Gasteiger partial charge < -0.3 is 14.2 Å². The molecule has 0 heterocycles. The number of esters is 2. The van der Waals surface area contributed by atoms with E-state index in [1.54, 1.807) is 0 Å². The van der Waals surface area contributed by atoms with Crippen LogP contribution in [0.4, 0.5) is 0 Å². The Bertz CT molecular complexity index is 1100. The second-order valence-corrected chi connectivity index (χ2v) is 18.5. The second kappa shape index (κ2) is 54.9. The second-order valence-electron chi connectivity index (χ2n) is 18.5. The van der Waals surface area contributed by atoms with E-state index in [1.165, 1.54) is 167 Å². The van der Waals surface area contributed by atoms with Gasteiger partial charge in [-0.25, -0.2) is 0 Å². The molecule has 0 amide bonds. The maximum atomic E-state index is 12.8. The maximum Gasteiger partial charge on any atom is 0.306 e. The highest BCUT2D eigenvalue weighted by Gasteiger charge is 2.17. The minimum atomic E-state index is -0.545. The van der Waals surface area contributed by atoms with Crippen molar-refractivity contribution in [3.63, 3.8) is 0 Å². The van der Waals surface area contributed by atoms with Crippen molar-refractivity contribution >= 4 is 11.9 Å². The van der Waals surface area contributed by atoms with E-state index in [0.717, 1.165) is 77.0 Å². The lowest BCUT2D eigenvalue weighted by Crippen LogP contribution is -2.30. The van der Waals surface area contributed by atoms with Gasteiger partial charge in [0.2, 0.25) is 0 Å². The van der Waals surface area contributed by atoms with Gasteiger partial charge in [-0.1, -0.05) is 242 Å². The van der Waals surface area contributed by atoms with Crippen LogP contribution in [0, 0.1) is 0 Å². The number of carbonyl (C=O) groups is 2. The molecule has 0 N–H and O–H groups in total. The molecule has 0 aromatic heterocycles. The molecule has 1 atom stereocenters. The number of ether oxygens (including phenoxy) is 3. The van der Waals surface area contributed by atoms with Gasteiger partial charge in [0, 0.05) is 19.4 Å². The molecule has 64 heavy (non-hydrogen) atoms. The van der Waals surface area contributed by atoms with E-state index in [2.05, 4.69) is 81.5 Å². The van der Waals surface area contributed by atoms with Crippen LogP contribution in [0.15, 0.2) is 60.8 Å². The molecule has 0 aromatic carbocycles. The highest BCUT2D eigenvalue weighted by atomic mass is 16.6. The Morgan fingerprint density at radius 2 is 0.703 bits per heavy atom. The average Bonchev–Trinajstić information content (AvgIpc) is 3.30. The summed E-state index contributed by atoms with van der Waals surface area (Å²) < 4.78 is 17.5. The molecular weight excluding hydrogens is 789 g/mol. The molecule has 5 heteroatoms. The van der Waals surface area contributed by atoms with E-state index in [9.17, 15) is 9.59 Å². The van der Waals surface area contributed by atoms with Gasteiger partial charge in [-0.2, -0.15) is 0 Å². The summed E-state index contributed by atoms with van der Waals surface area (Å²) in [5.74, 6) is -0.408. The zero-order valence-corrected chi connectivity index (χ0v) is 42.8. The van der Waals surface area contributed by atoms with Gasteiger partial charge in [-0.05, 0) is 83.5 Å². The van der Waals surface area contributed by atoms with Crippen molar-refractivity contribution in [2.24, 2.45) is 0 Å². The van der Waals surface area contributed by atoms with Crippen molar-refractivity contribution in [2.75, 3.05) is 19.8 Å². The van der Waals surface area contributed by atoms with Crippen molar-refractivity contribution in [1.29, 1.82) is 0 Å². The average molecular weight is 895 g/mol. The van der Waals surface area contributed by atoms with Gasteiger partial charge in [0.1, 0.15) is 6.61 Å². The topological polar surface area (TPSA) is 61.8 Å². The SMILES string of the molecule is CC/C=C\C/C=C\C/C=C\CCCCCCCC(=O)OCC(COCCCCCCCCCC/C=C\C/C=C\CCCCC)OC(=O)CCCCCCCCCCCCCCCCC. The molecule has 0 aliphatic heterocycles. The Hall–Kier alpha value is -2.40. The van der Waals surface area contributed by atoms with Crippen molar-refractivity contribution in [3.8, 4) is 0 Å². The van der Waals surface area contributed by atoms with E-state index < -0.39 is 6.10 Å². The van der Waals surface area contributed by atoms with E-state index >= 15 is 0 Å². The predicted octanol–water partition coefficient (Wildman–Crippen LogP) is 18.9. The molecule has 0 aliphatic carbocycles. The van der Waals surface area contributed by atoms with E-state index in [1.807, 2.05) is 0 Å². The number of allylic oxidation sites excluding steroid dienone is 10. The molecule has 0 saturated heterocycles. The minimum absolute atomic E-state index is 0.0758. The first kappa shape index (κ1) is 61.6. The van der Waals surface area contributed by atoms with Crippen LogP contribution in [0.25, 0.3) is 0 Å². The summed E-state index contributed by atoms with van der Waals surface area (Å²) in [7, 11) is 0. The zero-order valence-electron chi connectivity index (χ0n) is 42.8. The number of hydrogen-bond donors (Lipinski definition) is 0. The summed E-state index contributed by atoms with van der Waals surface area (Å²) >= 11 is 0. The van der Waals surface area contributed by atoms with Crippen molar-refractivity contribution in [3.05, 3.63) is 60.8 Å². The lowest BCUT2D eigenvalue weighted by Gasteiger charge is -2.18.